The molecule has 1 aliphatic carbocycles. The number of Topliss-reactive ketones (excluding diaryl/α,β-unsaturated/α-hetero) is 1. The fourth-order valence-corrected chi connectivity index (χ4v) is 4.68. The van der Waals surface area contributed by atoms with Gasteiger partial charge < -0.3 is 15.5 Å². The van der Waals surface area contributed by atoms with Gasteiger partial charge in [0.25, 0.3) is 0 Å². The van der Waals surface area contributed by atoms with E-state index in [4.69, 9.17) is 5.11 Å². The van der Waals surface area contributed by atoms with Gasteiger partial charge in [0, 0.05) is 76.1 Å². The molecule has 4 rings (SSSR count). The van der Waals surface area contributed by atoms with Crippen LogP contribution in [-0.4, -0.2) is 94.4 Å². The molecule has 0 spiro atoms. The first-order chi connectivity index (χ1) is 16.1. The third-order valence-corrected chi connectivity index (χ3v) is 6.74. The third-order valence-electron chi connectivity index (χ3n) is 6.05. The predicted octanol–water partition coefficient (Wildman–Crippen LogP) is 2.22. The topological polar surface area (TPSA) is 114 Å². The maximum atomic E-state index is 12.7. The van der Waals surface area contributed by atoms with Crippen molar-refractivity contribution in [1.29, 1.82) is 0 Å². The Labute approximate surface area is 197 Å². The number of aromatic nitrogens is 2. The lowest BCUT2D eigenvalue weighted by molar-refractivity contribution is -0.116. The second kappa shape index (κ2) is 11.5. The Morgan fingerprint density at radius 2 is 1.94 bits per heavy atom. The quantitative estimate of drug-likeness (QED) is 0.478. The number of rotatable bonds is 9. The van der Waals surface area contributed by atoms with Crippen molar-refractivity contribution in [2.45, 2.75) is 18.8 Å². The molecule has 33 heavy (non-hydrogen) atoms. The average molecular weight is 471 g/mol. The molecule has 0 bridgehead atoms. The number of aliphatic imine (C=N–C) groups is 1. The van der Waals surface area contributed by atoms with Crippen molar-refractivity contribution in [2.24, 2.45) is 4.99 Å². The van der Waals surface area contributed by atoms with Crippen LogP contribution in [0.4, 0.5) is 10.9 Å². The Balaban J connectivity index is 1.27. The van der Waals surface area contributed by atoms with Crippen LogP contribution in [-0.2, 0) is 4.79 Å². The zero-order chi connectivity index (χ0) is 23.0. The van der Waals surface area contributed by atoms with E-state index in [1.54, 1.807) is 12.4 Å². The zero-order valence-electron chi connectivity index (χ0n) is 18.6. The van der Waals surface area contributed by atoms with Crippen LogP contribution in [0.2, 0.25) is 0 Å². The van der Waals surface area contributed by atoms with Crippen molar-refractivity contribution in [1.82, 2.24) is 19.8 Å². The van der Waals surface area contributed by atoms with Crippen LogP contribution in [0.1, 0.15) is 24.3 Å². The van der Waals surface area contributed by atoms with E-state index >= 15 is 0 Å². The van der Waals surface area contributed by atoms with Crippen LogP contribution < -0.4 is 5.32 Å². The molecule has 1 fully saturated rings. The Morgan fingerprint density at radius 3 is 2.58 bits per heavy atom. The number of ketones is 1. The molecule has 0 radical (unpaired) electrons. The lowest BCUT2D eigenvalue weighted by Gasteiger charge is -2.33. The monoisotopic (exact) mass is 470 g/mol. The number of aliphatic hydroxyl groups excluding tert-OH is 2. The first kappa shape index (κ1) is 23.5. The highest BCUT2D eigenvalue weighted by atomic mass is 32.1. The first-order valence-electron chi connectivity index (χ1n) is 11.3. The molecule has 0 amide bonds. The minimum absolute atomic E-state index is 0.0879. The fraction of sp³-hybridized carbons (Fsp3) is 0.478. The maximum absolute atomic E-state index is 12.7. The molecular formula is C23H30N6O3S. The molecule has 1 saturated heterocycles. The summed E-state index contributed by atoms with van der Waals surface area (Å²) in [5, 5.41) is 25.3. The highest BCUT2D eigenvalue weighted by Crippen LogP contribution is 2.33. The van der Waals surface area contributed by atoms with Gasteiger partial charge in [-0.25, -0.2) is 9.97 Å². The average Bonchev–Trinajstić information content (AvgIpc) is 3.33. The van der Waals surface area contributed by atoms with Gasteiger partial charge in [-0.3, -0.25) is 19.6 Å². The van der Waals surface area contributed by atoms with Gasteiger partial charge >= 0.3 is 0 Å². The highest BCUT2D eigenvalue weighted by Gasteiger charge is 2.28. The van der Waals surface area contributed by atoms with E-state index < -0.39 is 0 Å². The number of pyridine rings is 1. The molecule has 3 N–H and O–H groups in total. The molecular weight excluding hydrogens is 440 g/mol. The van der Waals surface area contributed by atoms with Crippen molar-refractivity contribution < 1.29 is 15.0 Å². The number of carbonyl (C=O) groups is 1. The van der Waals surface area contributed by atoms with Crippen LogP contribution in [0.3, 0.4) is 0 Å². The minimum Gasteiger partial charge on any atom is -0.511 e. The van der Waals surface area contributed by atoms with Gasteiger partial charge in [0.1, 0.15) is 11.6 Å². The molecule has 9 nitrogen and oxygen atoms in total. The summed E-state index contributed by atoms with van der Waals surface area (Å²) in [6.07, 6.45) is 5.75. The van der Waals surface area contributed by atoms with E-state index in [-0.39, 0.29) is 24.1 Å². The summed E-state index contributed by atoms with van der Waals surface area (Å²) < 4.78 is 0. The van der Waals surface area contributed by atoms with Crippen molar-refractivity contribution in [3.63, 3.8) is 0 Å². The smallest absolute Gasteiger partial charge is 0.188 e. The van der Waals surface area contributed by atoms with E-state index in [2.05, 4.69) is 30.1 Å². The van der Waals surface area contributed by atoms with E-state index in [9.17, 15) is 9.90 Å². The number of carbonyl (C=O) groups excluding carboxylic acids is 1. The van der Waals surface area contributed by atoms with Crippen molar-refractivity contribution in [2.75, 3.05) is 57.7 Å². The lowest BCUT2D eigenvalue weighted by atomic mass is 9.83. The van der Waals surface area contributed by atoms with Crippen molar-refractivity contribution >= 4 is 34.3 Å². The second-order valence-electron chi connectivity index (χ2n) is 8.27. The summed E-state index contributed by atoms with van der Waals surface area (Å²) in [4.78, 5) is 30.3. The van der Waals surface area contributed by atoms with Gasteiger partial charge in [0.15, 0.2) is 10.9 Å². The molecule has 3 heterocycles. The minimum atomic E-state index is -0.0914. The van der Waals surface area contributed by atoms with Gasteiger partial charge in [-0.15, -0.1) is 11.3 Å². The number of nitrogens with one attached hydrogen (secondary N) is 1. The van der Waals surface area contributed by atoms with E-state index in [1.807, 2.05) is 17.5 Å². The Bertz CT molecular complexity index is 969. The maximum Gasteiger partial charge on any atom is 0.188 e. The number of hydrogen-bond acceptors (Lipinski definition) is 10. The summed E-state index contributed by atoms with van der Waals surface area (Å²) in [5.74, 6) is 0.613. The van der Waals surface area contributed by atoms with Gasteiger partial charge in [0.05, 0.1) is 18.7 Å². The predicted molar refractivity (Wildman–Crippen MR) is 130 cm³/mol. The Morgan fingerprint density at radius 1 is 1.15 bits per heavy atom. The van der Waals surface area contributed by atoms with Crippen molar-refractivity contribution in [3.05, 3.63) is 46.8 Å². The first-order valence-corrected chi connectivity index (χ1v) is 12.1. The molecule has 1 atom stereocenters. The van der Waals surface area contributed by atoms with Crippen LogP contribution in [0, 0.1) is 0 Å². The summed E-state index contributed by atoms with van der Waals surface area (Å²) in [7, 11) is 0. The molecule has 0 saturated carbocycles. The SMILES string of the molecule is O=C1CC(c2ccc(Nc3nccs3)nc2)CC(O)=C1C=NCCN1CCN(CCO)CC1. The summed E-state index contributed by atoms with van der Waals surface area (Å²) >= 11 is 1.50. The van der Waals surface area contributed by atoms with Crippen LogP contribution in [0.25, 0.3) is 0 Å². The molecule has 1 unspecified atom stereocenters. The number of thiazole rings is 1. The Hall–Kier alpha value is -2.66. The number of β-amino-alcohol motifs (C(OH)–C–C–N with tert-alkyl or cyclic N) is 1. The number of allylic oxidation sites excluding steroid dienone is 2. The number of aliphatic hydroxyl groups is 2. The zero-order valence-corrected chi connectivity index (χ0v) is 19.4. The third kappa shape index (κ3) is 6.44. The summed E-state index contributed by atoms with van der Waals surface area (Å²) in [5.41, 5.74) is 1.25. The molecule has 2 aliphatic rings. The van der Waals surface area contributed by atoms with E-state index in [0.717, 1.165) is 50.0 Å². The lowest BCUT2D eigenvalue weighted by Crippen LogP contribution is -2.47. The van der Waals surface area contributed by atoms with Crippen LogP contribution in [0.5, 0.6) is 0 Å². The highest BCUT2D eigenvalue weighted by molar-refractivity contribution is 7.13. The largest absolute Gasteiger partial charge is 0.511 e. The van der Waals surface area contributed by atoms with Crippen LogP contribution >= 0.6 is 11.3 Å². The van der Waals surface area contributed by atoms with E-state index in [0.29, 0.717) is 30.8 Å². The number of hydrogen-bond donors (Lipinski definition) is 3. The number of nitrogens with zero attached hydrogens (tertiary/aromatic N) is 5. The second-order valence-corrected chi connectivity index (χ2v) is 9.16. The molecule has 0 aromatic carbocycles. The normalized spacial score (nSPS) is 20.6. The fourth-order valence-electron chi connectivity index (χ4n) is 4.14. The standard InChI is InChI=1S/C23H30N6O3S/c30-11-10-29-8-6-28(7-9-29)5-3-24-16-19-20(31)13-18(14-21(19)32)17-1-2-22(26-15-17)27-23-25-4-12-33-23/h1-2,4,12,15-16,18,30-31H,3,5-11,13-14H2,(H,25,26,27). The van der Waals surface area contributed by atoms with Gasteiger partial charge in [0.2, 0.25) is 0 Å². The van der Waals surface area contributed by atoms with Gasteiger partial charge in [-0.05, 0) is 17.5 Å². The molecule has 1 aliphatic heterocycles. The molecule has 2 aromatic heterocycles. The summed E-state index contributed by atoms with van der Waals surface area (Å²) in [6, 6.07) is 3.80. The summed E-state index contributed by atoms with van der Waals surface area (Å²) in [6.45, 7) is 6.15. The van der Waals surface area contributed by atoms with Gasteiger partial charge in [-0.1, -0.05) is 6.07 Å². The van der Waals surface area contributed by atoms with Crippen LogP contribution in [0.15, 0.2) is 46.2 Å². The number of anilines is 2. The molecule has 10 heteroatoms. The molecule has 2 aromatic rings. The molecule has 176 valence electrons. The van der Waals surface area contributed by atoms with E-state index in [1.165, 1.54) is 17.6 Å². The Kier molecular flexibility index (Phi) is 8.16. The van der Waals surface area contributed by atoms with Gasteiger partial charge in [-0.2, -0.15) is 0 Å². The van der Waals surface area contributed by atoms with Crippen molar-refractivity contribution in [3.8, 4) is 0 Å². The number of piperazine rings is 1.